The summed E-state index contributed by atoms with van der Waals surface area (Å²) in [6.07, 6.45) is 3.56. The molecule has 2 N–H and O–H groups in total. The molecule has 0 aliphatic carbocycles. The van der Waals surface area contributed by atoms with Gasteiger partial charge in [0.1, 0.15) is 5.82 Å². The van der Waals surface area contributed by atoms with Gasteiger partial charge in [0.05, 0.1) is 11.0 Å². The Morgan fingerprint density at radius 1 is 1.19 bits per heavy atom. The molecule has 21 heavy (non-hydrogen) atoms. The van der Waals surface area contributed by atoms with Crippen molar-refractivity contribution >= 4 is 11.0 Å². The summed E-state index contributed by atoms with van der Waals surface area (Å²) in [5.41, 5.74) is 3.24. The highest BCUT2D eigenvalue weighted by atomic mass is 16.3. The molecule has 0 fully saturated rings. The molecule has 0 amide bonds. The number of aryl methyl sites for hydroxylation is 1. The summed E-state index contributed by atoms with van der Waals surface area (Å²) in [7, 11) is 0. The zero-order valence-corrected chi connectivity index (χ0v) is 11.5. The van der Waals surface area contributed by atoms with Crippen molar-refractivity contribution in [3.63, 3.8) is 0 Å². The third-order valence-electron chi connectivity index (χ3n) is 3.33. The van der Waals surface area contributed by atoms with E-state index in [0.717, 1.165) is 16.6 Å². The predicted octanol–water partition coefficient (Wildman–Crippen LogP) is 1.22. The normalized spacial score (nSPS) is 11.0. The van der Waals surface area contributed by atoms with Crippen molar-refractivity contribution < 1.29 is 5.11 Å². The Hall–Kier alpha value is -2.60. The van der Waals surface area contributed by atoms with Crippen LogP contribution in [0.15, 0.2) is 35.4 Å². The summed E-state index contributed by atoms with van der Waals surface area (Å²) in [5, 5.41) is 8.98. The van der Waals surface area contributed by atoms with Gasteiger partial charge in [0.15, 0.2) is 0 Å². The minimum Gasteiger partial charge on any atom is -0.396 e. The lowest BCUT2D eigenvalue weighted by Gasteiger charge is -2.07. The van der Waals surface area contributed by atoms with Gasteiger partial charge in [-0.15, -0.1) is 0 Å². The summed E-state index contributed by atoms with van der Waals surface area (Å²) in [4.78, 5) is 27.7. The first-order valence-corrected chi connectivity index (χ1v) is 6.61. The molecule has 0 unspecified atom stereocenters. The van der Waals surface area contributed by atoms with Gasteiger partial charge in [-0.05, 0) is 25.1 Å². The highest BCUT2D eigenvalue weighted by Crippen LogP contribution is 2.19. The molecule has 0 atom stereocenters. The number of nitrogens with one attached hydrogen (secondary N) is 1. The molecule has 0 radical (unpaired) electrons. The van der Waals surface area contributed by atoms with E-state index in [0.29, 0.717) is 23.5 Å². The van der Waals surface area contributed by atoms with Crippen molar-refractivity contribution in [1.82, 2.24) is 19.9 Å². The second-order valence-electron chi connectivity index (χ2n) is 4.71. The molecule has 0 saturated carbocycles. The minimum atomic E-state index is -0.217. The number of aromatic amines is 1. The number of hydrogen-bond acceptors (Lipinski definition) is 5. The van der Waals surface area contributed by atoms with Gasteiger partial charge >= 0.3 is 0 Å². The molecule has 6 heteroatoms. The van der Waals surface area contributed by atoms with Crippen LogP contribution >= 0.6 is 0 Å². The Morgan fingerprint density at radius 2 is 1.95 bits per heavy atom. The quantitative estimate of drug-likeness (QED) is 0.753. The molecule has 0 aliphatic rings. The Bertz CT molecular complexity index is 858. The van der Waals surface area contributed by atoms with Gasteiger partial charge in [0.2, 0.25) is 0 Å². The van der Waals surface area contributed by atoms with E-state index in [1.807, 2.05) is 18.2 Å². The predicted molar refractivity (Wildman–Crippen MR) is 78.9 cm³/mol. The van der Waals surface area contributed by atoms with Gasteiger partial charge in [-0.1, -0.05) is 0 Å². The number of hydrogen-bond donors (Lipinski definition) is 2. The second kappa shape index (κ2) is 5.41. The van der Waals surface area contributed by atoms with Crippen LogP contribution in [-0.2, 0) is 6.42 Å². The van der Waals surface area contributed by atoms with Crippen molar-refractivity contribution in [2.75, 3.05) is 6.61 Å². The van der Waals surface area contributed by atoms with Crippen molar-refractivity contribution in [3.8, 4) is 11.4 Å². The van der Waals surface area contributed by atoms with Crippen LogP contribution in [0, 0.1) is 6.92 Å². The van der Waals surface area contributed by atoms with Crippen LogP contribution in [0.2, 0.25) is 0 Å². The number of nitrogens with zero attached hydrogens (tertiary/aromatic N) is 3. The molecule has 0 spiro atoms. The summed E-state index contributed by atoms with van der Waals surface area (Å²) < 4.78 is 0. The summed E-state index contributed by atoms with van der Waals surface area (Å²) in [6.45, 7) is 1.70. The molecular weight excluding hydrogens is 268 g/mol. The lowest BCUT2D eigenvalue weighted by molar-refractivity contribution is 0.298. The maximum atomic E-state index is 12.1. The molecule has 6 nitrogen and oxygen atoms in total. The third kappa shape index (κ3) is 2.53. The molecule has 1 aromatic carbocycles. The van der Waals surface area contributed by atoms with E-state index in [2.05, 4.69) is 19.9 Å². The highest BCUT2D eigenvalue weighted by molar-refractivity contribution is 5.79. The monoisotopic (exact) mass is 282 g/mol. The number of rotatable bonds is 3. The van der Waals surface area contributed by atoms with Crippen LogP contribution in [0.1, 0.15) is 11.3 Å². The van der Waals surface area contributed by atoms with Crippen LogP contribution in [0.5, 0.6) is 0 Å². The highest BCUT2D eigenvalue weighted by Gasteiger charge is 2.09. The lowest BCUT2D eigenvalue weighted by atomic mass is 10.1. The van der Waals surface area contributed by atoms with Crippen LogP contribution in [-0.4, -0.2) is 31.6 Å². The largest absolute Gasteiger partial charge is 0.396 e. The first-order valence-electron chi connectivity index (χ1n) is 6.61. The molecule has 2 aromatic heterocycles. The summed E-state index contributed by atoms with van der Waals surface area (Å²) in [6, 6.07) is 5.53. The van der Waals surface area contributed by atoms with E-state index >= 15 is 0 Å². The fourth-order valence-corrected chi connectivity index (χ4v) is 2.26. The Balaban J connectivity index is 2.12. The van der Waals surface area contributed by atoms with E-state index in [1.165, 1.54) is 0 Å². The maximum Gasteiger partial charge on any atom is 0.254 e. The number of fused-ring (bicyclic) bond motifs is 1. The van der Waals surface area contributed by atoms with E-state index < -0.39 is 0 Å². The van der Waals surface area contributed by atoms with Crippen molar-refractivity contribution in [1.29, 1.82) is 0 Å². The smallest absolute Gasteiger partial charge is 0.254 e. The molecule has 0 bridgehead atoms. The summed E-state index contributed by atoms with van der Waals surface area (Å²) >= 11 is 0. The third-order valence-corrected chi connectivity index (χ3v) is 3.33. The van der Waals surface area contributed by atoms with Gasteiger partial charge in [0.25, 0.3) is 5.56 Å². The average molecular weight is 282 g/mol. The second-order valence-corrected chi connectivity index (χ2v) is 4.71. The van der Waals surface area contributed by atoms with Crippen molar-refractivity contribution in [2.24, 2.45) is 0 Å². The number of benzene rings is 1. The topological polar surface area (TPSA) is 91.8 Å². The van der Waals surface area contributed by atoms with Gasteiger partial charge < -0.3 is 10.1 Å². The van der Waals surface area contributed by atoms with Gasteiger partial charge in [-0.2, -0.15) is 0 Å². The van der Waals surface area contributed by atoms with Gasteiger partial charge in [0, 0.05) is 42.2 Å². The Labute approximate surface area is 120 Å². The zero-order chi connectivity index (χ0) is 14.8. The van der Waals surface area contributed by atoms with Crippen LogP contribution in [0.4, 0.5) is 0 Å². The van der Waals surface area contributed by atoms with Crippen molar-refractivity contribution in [3.05, 3.63) is 52.2 Å². The molecule has 3 aromatic rings. The average Bonchev–Trinajstić information content (AvgIpc) is 2.50. The SMILES string of the molecule is Cc1nc(-c2ccc3nccnc3c2)[nH]c(=O)c1CCO. The van der Waals surface area contributed by atoms with Crippen LogP contribution in [0.3, 0.4) is 0 Å². The van der Waals surface area contributed by atoms with E-state index in [4.69, 9.17) is 5.11 Å². The number of aliphatic hydroxyl groups excluding tert-OH is 1. The summed E-state index contributed by atoms with van der Waals surface area (Å²) in [5.74, 6) is 0.492. The molecule has 3 rings (SSSR count). The van der Waals surface area contributed by atoms with Crippen molar-refractivity contribution in [2.45, 2.75) is 13.3 Å². The van der Waals surface area contributed by atoms with E-state index in [1.54, 1.807) is 19.3 Å². The van der Waals surface area contributed by atoms with E-state index in [-0.39, 0.29) is 12.2 Å². The lowest BCUT2D eigenvalue weighted by Crippen LogP contribution is -2.18. The first-order chi connectivity index (χ1) is 10.2. The number of aromatic nitrogens is 4. The van der Waals surface area contributed by atoms with Crippen LogP contribution < -0.4 is 5.56 Å². The van der Waals surface area contributed by atoms with E-state index in [9.17, 15) is 4.79 Å². The fraction of sp³-hybridized carbons (Fsp3) is 0.200. The molecule has 0 saturated heterocycles. The fourth-order valence-electron chi connectivity index (χ4n) is 2.26. The van der Waals surface area contributed by atoms with Gasteiger partial charge in [-0.3, -0.25) is 14.8 Å². The maximum absolute atomic E-state index is 12.1. The van der Waals surface area contributed by atoms with Crippen LogP contribution in [0.25, 0.3) is 22.4 Å². The van der Waals surface area contributed by atoms with Gasteiger partial charge in [-0.25, -0.2) is 4.98 Å². The molecular formula is C15H14N4O2. The molecule has 2 heterocycles. The molecule has 106 valence electrons. The Morgan fingerprint density at radius 3 is 2.67 bits per heavy atom. The zero-order valence-electron chi connectivity index (χ0n) is 11.5. The standard InChI is InChI=1S/C15H14N4O2/c1-9-11(4-7-20)15(21)19-14(18-9)10-2-3-12-13(8-10)17-6-5-16-12/h2-3,5-6,8,20H,4,7H2,1H3,(H,18,19,21). The number of aliphatic hydroxyl groups is 1. The Kier molecular flexibility index (Phi) is 3.45. The molecule has 0 aliphatic heterocycles. The minimum absolute atomic E-state index is 0.0729. The first kappa shape index (κ1) is 13.4. The number of H-pyrrole nitrogens is 1.